The van der Waals surface area contributed by atoms with Crippen molar-refractivity contribution >= 4 is 11.5 Å². The monoisotopic (exact) mass is 248 g/mol. The van der Waals surface area contributed by atoms with Crippen molar-refractivity contribution in [3.05, 3.63) is 29.8 Å². The van der Waals surface area contributed by atoms with Gasteiger partial charge in [0.2, 0.25) is 0 Å². The number of benzene rings is 1. The van der Waals surface area contributed by atoms with E-state index in [0.717, 1.165) is 44.0 Å². The van der Waals surface area contributed by atoms with Crippen molar-refractivity contribution in [3.63, 3.8) is 0 Å². The molecule has 1 aromatic rings. The lowest BCUT2D eigenvalue weighted by atomic mass is 10.1. The van der Waals surface area contributed by atoms with E-state index in [1.165, 1.54) is 0 Å². The maximum Gasteiger partial charge on any atom is 0.172 e. The van der Waals surface area contributed by atoms with Gasteiger partial charge >= 0.3 is 0 Å². The van der Waals surface area contributed by atoms with E-state index in [2.05, 4.69) is 21.9 Å². The van der Waals surface area contributed by atoms with Gasteiger partial charge in [0.1, 0.15) is 0 Å². The average Bonchev–Trinajstić information content (AvgIpc) is 2.46. The van der Waals surface area contributed by atoms with Crippen molar-refractivity contribution in [3.8, 4) is 0 Å². The van der Waals surface area contributed by atoms with Gasteiger partial charge in [-0.1, -0.05) is 24.2 Å². The molecule has 1 fully saturated rings. The molecule has 1 aliphatic heterocycles. The van der Waals surface area contributed by atoms with E-state index in [4.69, 9.17) is 10.9 Å². The van der Waals surface area contributed by atoms with E-state index >= 15 is 0 Å². The van der Waals surface area contributed by atoms with Crippen LogP contribution in [0.2, 0.25) is 0 Å². The van der Waals surface area contributed by atoms with Gasteiger partial charge in [0.25, 0.3) is 0 Å². The van der Waals surface area contributed by atoms with Crippen LogP contribution in [0.1, 0.15) is 12.5 Å². The van der Waals surface area contributed by atoms with Crippen LogP contribution in [0.3, 0.4) is 0 Å². The number of oxime groups is 1. The summed E-state index contributed by atoms with van der Waals surface area (Å²) in [4.78, 5) is 4.71. The summed E-state index contributed by atoms with van der Waals surface area (Å²) in [5, 5.41) is 11.9. The number of nitrogens with zero attached hydrogens (tertiary/aromatic N) is 3. The Morgan fingerprint density at radius 1 is 1.28 bits per heavy atom. The highest BCUT2D eigenvalue weighted by Crippen LogP contribution is 2.21. The molecule has 0 bridgehead atoms. The third-order valence-electron chi connectivity index (χ3n) is 3.45. The zero-order valence-electron chi connectivity index (χ0n) is 10.7. The van der Waals surface area contributed by atoms with Gasteiger partial charge in [0.05, 0.1) is 0 Å². The van der Waals surface area contributed by atoms with Crippen LogP contribution >= 0.6 is 0 Å². The summed E-state index contributed by atoms with van der Waals surface area (Å²) in [6.45, 7) is 7.34. The standard InChI is InChI=1S/C13H20N4O/c1-2-16-7-9-17(10-8-16)12-6-4-3-5-11(12)13(14)15-18/h3-6,18H,2,7-10H2,1H3,(H2,14,15). The Hall–Kier alpha value is -1.75. The second-order valence-corrected chi connectivity index (χ2v) is 4.42. The Balaban J connectivity index is 2.19. The van der Waals surface area contributed by atoms with Crippen molar-refractivity contribution in [2.24, 2.45) is 10.9 Å². The Morgan fingerprint density at radius 3 is 2.56 bits per heavy atom. The van der Waals surface area contributed by atoms with E-state index in [-0.39, 0.29) is 5.84 Å². The Bertz CT molecular complexity index is 425. The highest BCUT2D eigenvalue weighted by Gasteiger charge is 2.18. The van der Waals surface area contributed by atoms with Crippen LogP contribution in [0.15, 0.2) is 29.4 Å². The molecule has 18 heavy (non-hydrogen) atoms. The van der Waals surface area contributed by atoms with Crippen LogP contribution in [-0.4, -0.2) is 48.7 Å². The van der Waals surface area contributed by atoms with Gasteiger partial charge in [0, 0.05) is 37.4 Å². The second-order valence-electron chi connectivity index (χ2n) is 4.42. The normalized spacial score (nSPS) is 18.1. The number of hydrogen-bond donors (Lipinski definition) is 2. The summed E-state index contributed by atoms with van der Waals surface area (Å²) in [7, 11) is 0. The van der Waals surface area contributed by atoms with Crippen molar-refractivity contribution < 1.29 is 5.21 Å². The van der Waals surface area contributed by atoms with E-state index in [1.54, 1.807) is 0 Å². The summed E-state index contributed by atoms with van der Waals surface area (Å²) in [5.41, 5.74) is 7.56. The fourth-order valence-corrected chi connectivity index (χ4v) is 2.32. The summed E-state index contributed by atoms with van der Waals surface area (Å²) in [6, 6.07) is 7.79. The minimum absolute atomic E-state index is 0.170. The number of para-hydroxylation sites is 1. The number of anilines is 1. The molecular weight excluding hydrogens is 228 g/mol. The summed E-state index contributed by atoms with van der Waals surface area (Å²) in [5.74, 6) is 0.170. The molecule has 0 aliphatic carbocycles. The fourth-order valence-electron chi connectivity index (χ4n) is 2.32. The molecule has 0 spiro atoms. The number of amidine groups is 1. The first-order chi connectivity index (χ1) is 8.76. The van der Waals surface area contributed by atoms with Gasteiger partial charge < -0.3 is 20.7 Å². The minimum Gasteiger partial charge on any atom is -0.409 e. The Morgan fingerprint density at radius 2 is 1.94 bits per heavy atom. The molecule has 0 saturated carbocycles. The van der Waals surface area contributed by atoms with Crippen LogP contribution in [0.25, 0.3) is 0 Å². The molecule has 2 rings (SSSR count). The van der Waals surface area contributed by atoms with E-state index in [9.17, 15) is 0 Å². The van der Waals surface area contributed by atoms with Crippen LogP contribution < -0.4 is 10.6 Å². The number of rotatable bonds is 3. The second kappa shape index (κ2) is 5.73. The predicted molar refractivity (Wildman–Crippen MR) is 73.3 cm³/mol. The minimum atomic E-state index is 0.170. The lowest BCUT2D eigenvalue weighted by molar-refractivity contribution is 0.271. The number of nitrogens with two attached hydrogens (primary N) is 1. The molecule has 3 N–H and O–H groups in total. The maximum absolute atomic E-state index is 8.83. The third kappa shape index (κ3) is 2.56. The molecule has 1 aliphatic rings. The van der Waals surface area contributed by atoms with Crippen LogP contribution in [0.5, 0.6) is 0 Å². The van der Waals surface area contributed by atoms with Crippen LogP contribution in [-0.2, 0) is 0 Å². The molecule has 98 valence electrons. The van der Waals surface area contributed by atoms with Crippen LogP contribution in [0.4, 0.5) is 5.69 Å². The van der Waals surface area contributed by atoms with Gasteiger partial charge in [-0.15, -0.1) is 0 Å². The molecule has 1 saturated heterocycles. The van der Waals surface area contributed by atoms with E-state index in [1.807, 2.05) is 24.3 Å². The Kier molecular flexibility index (Phi) is 4.04. The Labute approximate surface area is 107 Å². The van der Waals surface area contributed by atoms with Crippen molar-refractivity contribution in [2.75, 3.05) is 37.6 Å². The zero-order valence-corrected chi connectivity index (χ0v) is 10.7. The number of hydrogen-bond acceptors (Lipinski definition) is 4. The average molecular weight is 248 g/mol. The van der Waals surface area contributed by atoms with Gasteiger partial charge in [-0.05, 0) is 18.7 Å². The molecule has 1 heterocycles. The molecule has 0 radical (unpaired) electrons. The maximum atomic E-state index is 8.83. The molecule has 0 amide bonds. The quantitative estimate of drug-likeness (QED) is 0.361. The first-order valence-corrected chi connectivity index (χ1v) is 6.30. The largest absolute Gasteiger partial charge is 0.409 e. The molecule has 0 unspecified atom stereocenters. The summed E-state index contributed by atoms with van der Waals surface area (Å²) >= 11 is 0. The van der Waals surface area contributed by atoms with Gasteiger partial charge in [-0.25, -0.2) is 0 Å². The smallest absolute Gasteiger partial charge is 0.172 e. The van der Waals surface area contributed by atoms with Gasteiger partial charge in [-0.2, -0.15) is 0 Å². The first-order valence-electron chi connectivity index (χ1n) is 6.30. The van der Waals surface area contributed by atoms with E-state index in [0.29, 0.717) is 0 Å². The van der Waals surface area contributed by atoms with Gasteiger partial charge in [0.15, 0.2) is 5.84 Å². The first kappa shape index (κ1) is 12.7. The molecule has 5 nitrogen and oxygen atoms in total. The van der Waals surface area contributed by atoms with Crippen molar-refractivity contribution in [1.29, 1.82) is 0 Å². The highest BCUT2D eigenvalue weighted by molar-refractivity contribution is 6.02. The SMILES string of the molecule is CCN1CCN(c2ccccc2/C(N)=N/O)CC1. The molecule has 1 aromatic carbocycles. The lowest BCUT2D eigenvalue weighted by Crippen LogP contribution is -2.46. The molecule has 0 atom stereocenters. The molecule has 5 heteroatoms. The van der Waals surface area contributed by atoms with Crippen molar-refractivity contribution in [2.45, 2.75) is 6.92 Å². The topological polar surface area (TPSA) is 65.1 Å². The molecule has 0 aromatic heterocycles. The van der Waals surface area contributed by atoms with Gasteiger partial charge in [-0.3, -0.25) is 0 Å². The fraction of sp³-hybridized carbons (Fsp3) is 0.462. The lowest BCUT2D eigenvalue weighted by Gasteiger charge is -2.36. The van der Waals surface area contributed by atoms with Crippen LogP contribution in [0, 0.1) is 0 Å². The molecular formula is C13H20N4O. The zero-order chi connectivity index (χ0) is 13.0. The predicted octanol–water partition coefficient (Wildman–Crippen LogP) is 0.923. The van der Waals surface area contributed by atoms with E-state index < -0.39 is 0 Å². The summed E-state index contributed by atoms with van der Waals surface area (Å²) in [6.07, 6.45) is 0. The number of likely N-dealkylation sites (N-methyl/N-ethyl adjacent to an activating group) is 1. The van der Waals surface area contributed by atoms with Crippen molar-refractivity contribution in [1.82, 2.24) is 4.90 Å². The summed E-state index contributed by atoms with van der Waals surface area (Å²) < 4.78 is 0. The third-order valence-corrected chi connectivity index (χ3v) is 3.45. The number of piperazine rings is 1. The highest BCUT2D eigenvalue weighted by atomic mass is 16.4.